The minimum absolute atomic E-state index is 0.136. The van der Waals surface area contributed by atoms with Gasteiger partial charge in [0.2, 0.25) is 5.91 Å². The number of nitrogens with zero attached hydrogens (tertiary/aromatic N) is 2. The second-order valence-electron chi connectivity index (χ2n) is 7.38. The number of nitro groups is 1. The number of carbonyl (C=O) groups is 2. The van der Waals surface area contributed by atoms with Gasteiger partial charge in [-0.15, -0.1) is 0 Å². The van der Waals surface area contributed by atoms with Crippen molar-refractivity contribution in [1.29, 1.82) is 0 Å². The van der Waals surface area contributed by atoms with E-state index in [1.807, 2.05) is 24.3 Å². The van der Waals surface area contributed by atoms with Crippen molar-refractivity contribution in [3.63, 3.8) is 0 Å². The predicted molar refractivity (Wildman–Crippen MR) is 127 cm³/mol. The Morgan fingerprint density at radius 3 is 2.24 bits per heavy atom. The Balaban J connectivity index is 1.27. The Morgan fingerprint density at radius 2 is 1.58 bits per heavy atom. The van der Waals surface area contributed by atoms with E-state index >= 15 is 0 Å². The number of benzene rings is 3. The maximum atomic E-state index is 12.2. The summed E-state index contributed by atoms with van der Waals surface area (Å²) in [6.45, 7) is 0.988. The molecule has 1 heterocycles. The van der Waals surface area contributed by atoms with Crippen LogP contribution in [-0.4, -0.2) is 36.4 Å². The van der Waals surface area contributed by atoms with Crippen LogP contribution in [0.5, 0.6) is 0 Å². The molecule has 0 aliphatic carbocycles. The highest BCUT2D eigenvalue weighted by Crippen LogP contribution is 2.47. The molecule has 0 radical (unpaired) electrons. The summed E-state index contributed by atoms with van der Waals surface area (Å²) in [7, 11) is 0. The Bertz CT molecular complexity index is 1150. The fourth-order valence-electron chi connectivity index (χ4n) is 3.57. The molecule has 3 aromatic carbocycles. The SMILES string of the molecule is O=C(CNC(=O)c1cccc([N+](=O)[O-])c1)NCCCN1c2ccccc2Sc2ccccc21. The van der Waals surface area contributed by atoms with E-state index in [1.54, 1.807) is 11.8 Å². The Hall–Kier alpha value is -3.85. The Morgan fingerprint density at radius 1 is 0.909 bits per heavy atom. The Kier molecular flexibility index (Phi) is 6.89. The summed E-state index contributed by atoms with van der Waals surface area (Å²) in [6, 6.07) is 21.9. The summed E-state index contributed by atoms with van der Waals surface area (Å²) in [5, 5.41) is 16.2. The average molecular weight is 463 g/mol. The molecule has 8 nitrogen and oxygen atoms in total. The van der Waals surface area contributed by atoms with Gasteiger partial charge >= 0.3 is 0 Å². The first-order valence-corrected chi connectivity index (χ1v) is 11.3. The largest absolute Gasteiger partial charge is 0.355 e. The second-order valence-corrected chi connectivity index (χ2v) is 8.47. The van der Waals surface area contributed by atoms with Crippen molar-refractivity contribution in [3.05, 3.63) is 88.5 Å². The molecule has 0 saturated heterocycles. The topological polar surface area (TPSA) is 105 Å². The zero-order valence-electron chi connectivity index (χ0n) is 17.7. The first-order valence-electron chi connectivity index (χ1n) is 10.5. The van der Waals surface area contributed by atoms with Crippen molar-refractivity contribution >= 4 is 40.6 Å². The van der Waals surface area contributed by atoms with Crippen LogP contribution in [0.15, 0.2) is 82.6 Å². The van der Waals surface area contributed by atoms with Crippen LogP contribution in [-0.2, 0) is 4.79 Å². The minimum atomic E-state index is -0.568. The number of hydrogen-bond acceptors (Lipinski definition) is 6. The molecule has 0 saturated carbocycles. The maximum absolute atomic E-state index is 12.2. The molecule has 0 atom stereocenters. The summed E-state index contributed by atoms with van der Waals surface area (Å²) in [4.78, 5) is 39.3. The lowest BCUT2D eigenvalue weighted by atomic mass is 10.2. The van der Waals surface area contributed by atoms with Crippen molar-refractivity contribution in [2.75, 3.05) is 24.5 Å². The Labute approximate surface area is 195 Å². The second kappa shape index (κ2) is 10.2. The molecule has 3 aromatic rings. The summed E-state index contributed by atoms with van der Waals surface area (Å²) in [5.74, 6) is -0.850. The van der Waals surface area contributed by atoms with Gasteiger partial charge in [0.15, 0.2) is 0 Å². The van der Waals surface area contributed by atoms with Crippen LogP contribution < -0.4 is 15.5 Å². The summed E-state index contributed by atoms with van der Waals surface area (Å²) in [5.41, 5.74) is 2.26. The first kappa shape index (κ1) is 22.3. The molecule has 0 spiro atoms. The van der Waals surface area contributed by atoms with Crippen molar-refractivity contribution in [2.24, 2.45) is 0 Å². The van der Waals surface area contributed by atoms with Crippen molar-refractivity contribution in [1.82, 2.24) is 10.6 Å². The highest BCUT2D eigenvalue weighted by atomic mass is 32.2. The smallest absolute Gasteiger partial charge is 0.270 e. The van der Waals surface area contributed by atoms with Gasteiger partial charge in [0.1, 0.15) is 0 Å². The van der Waals surface area contributed by atoms with Gasteiger partial charge in [-0.2, -0.15) is 0 Å². The first-order chi connectivity index (χ1) is 16.0. The van der Waals surface area contributed by atoms with E-state index in [1.165, 1.54) is 34.1 Å². The van der Waals surface area contributed by atoms with Gasteiger partial charge in [0, 0.05) is 40.6 Å². The standard InChI is InChI=1S/C24H22N4O4S/c29-23(16-26-24(30)17-7-5-8-18(15-17)28(31)32)25-13-6-14-27-19-9-1-3-11-21(19)33-22-12-4-2-10-20(22)27/h1-5,7-12,15H,6,13-14,16H2,(H,25,29)(H,26,30). The number of amides is 2. The lowest BCUT2D eigenvalue weighted by Gasteiger charge is -2.32. The fraction of sp³-hybridized carbons (Fsp3) is 0.167. The summed E-state index contributed by atoms with van der Waals surface area (Å²) >= 11 is 1.75. The molecule has 0 unspecified atom stereocenters. The molecular formula is C24H22N4O4S. The quantitative estimate of drug-likeness (QED) is 0.296. The molecular weight excluding hydrogens is 440 g/mol. The predicted octanol–water partition coefficient (Wildman–Crippen LogP) is 4.13. The molecule has 33 heavy (non-hydrogen) atoms. The van der Waals surface area contributed by atoms with Crippen molar-refractivity contribution in [3.8, 4) is 0 Å². The van der Waals surface area contributed by atoms with Crippen LogP contribution in [0, 0.1) is 10.1 Å². The normalized spacial score (nSPS) is 11.8. The minimum Gasteiger partial charge on any atom is -0.355 e. The van der Waals surface area contributed by atoms with Crippen LogP contribution >= 0.6 is 11.8 Å². The van der Waals surface area contributed by atoms with E-state index in [-0.39, 0.29) is 23.7 Å². The summed E-state index contributed by atoms with van der Waals surface area (Å²) in [6.07, 6.45) is 0.720. The zero-order chi connectivity index (χ0) is 23.2. The van der Waals surface area contributed by atoms with Crippen LogP contribution in [0.3, 0.4) is 0 Å². The van der Waals surface area contributed by atoms with Crippen molar-refractivity contribution in [2.45, 2.75) is 16.2 Å². The molecule has 2 amide bonds. The number of hydrogen-bond donors (Lipinski definition) is 2. The molecule has 9 heteroatoms. The number of nitrogens with one attached hydrogen (secondary N) is 2. The van der Waals surface area contributed by atoms with Crippen LogP contribution in [0.25, 0.3) is 0 Å². The monoisotopic (exact) mass is 462 g/mol. The number of fused-ring (bicyclic) bond motifs is 2. The highest BCUT2D eigenvalue weighted by Gasteiger charge is 2.22. The van der Waals surface area contributed by atoms with E-state index in [4.69, 9.17) is 0 Å². The number of carbonyl (C=O) groups excluding carboxylic acids is 2. The fourth-order valence-corrected chi connectivity index (χ4v) is 4.67. The highest BCUT2D eigenvalue weighted by molar-refractivity contribution is 7.99. The van der Waals surface area contributed by atoms with Gasteiger partial charge in [-0.1, -0.05) is 42.1 Å². The average Bonchev–Trinajstić information content (AvgIpc) is 2.84. The molecule has 1 aliphatic rings. The third-order valence-electron chi connectivity index (χ3n) is 5.14. The molecule has 0 aromatic heterocycles. The third kappa shape index (κ3) is 5.32. The summed E-state index contributed by atoms with van der Waals surface area (Å²) < 4.78 is 0. The molecule has 168 valence electrons. The van der Waals surface area contributed by atoms with Gasteiger partial charge in [0.05, 0.1) is 22.8 Å². The molecule has 0 bridgehead atoms. The van der Waals surface area contributed by atoms with Crippen LogP contribution in [0.4, 0.5) is 17.1 Å². The number of rotatable bonds is 8. The van der Waals surface area contributed by atoms with E-state index in [0.717, 1.165) is 24.3 Å². The van der Waals surface area contributed by atoms with E-state index in [9.17, 15) is 19.7 Å². The van der Waals surface area contributed by atoms with Gasteiger partial charge in [-0.3, -0.25) is 19.7 Å². The lowest BCUT2D eigenvalue weighted by molar-refractivity contribution is -0.384. The van der Waals surface area contributed by atoms with E-state index in [0.29, 0.717) is 6.54 Å². The van der Waals surface area contributed by atoms with Crippen LogP contribution in [0.1, 0.15) is 16.8 Å². The van der Waals surface area contributed by atoms with Gasteiger partial charge in [-0.25, -0.2) is 0 Å². The number of para-hydroxylation sites is 2. The zero-order valence-corrected chi connectivity index (χ0v) is 18.5. The molecule has 0 fully saturated rings. The van der Waals surface area contributed by atoms with Crippen molar-refractivity contribution < 1.29 is 14.5 Å². The number of nitro benzene ring substituents is 1. The van der Waals surface area contributed by atoms with Gasteiger partial charge < -0.3 is 15.5 Å². The molecule has 2 N–H and O–H groups in total. The number of anilines is 2. The molecule has 1 aliphatic heterocycles. The van der Waals surface area contributed by atoms with Gasteiger partial charge in [0.25, 0.3) is 11.6 Å². The molecule has 4 rings (SSSR count). The third-order valence-corrected chi connectivity index (χ3v) is 6.27. The van der Waals surface area contributed by atoms with Crippen LogP contribution in [0.2, 0.25) is 0 Å². The lowest BCUT2D eigenvalue weighted by Crippen LogP contribution is -2.38. The van der Waals surface area contributed by atoms with Gasteiger partial charge in [-0.05, 0) is 36.8 Å². The van der Waals surface area contributed by atoms with E-state index in [2.05, 4.69) is 39.8 Å². The number of non-ortho nitro benzene ring substituents is 1. The maximum Gasteiger partial charge on any atom is 0.270 e. The van der Waals surface area contributed by atoms with E-state index < -0.39 is 10.8 Å².